The van der Waals surface area contributed by atoms with Gasteiger partial charge in [-0.2, -0.15) is 5.10 Å². The average Bonchev–Trinajstić information content (AvgIpc) is 2.64. The Morgan fingerprint density at radius 1 is 1.32 bits per heavy atom. The topological polar surface area (TPSA) is 39.1 Å². The summed E-state index contributed by atoms with van der Waals surface area (Å²) < 4.78 is 7.59. The zero-order valence-corrected chi connectivity index (χ0v) is 13.3. The minimum absolute atomic E-state index is 0.0871. The molecule has 1 heterocycles. The number of likely N-dealkylation sites (N-methyl/N-ethyl adjacent to an activating group) is 1. The van der Waals surface area contributed by atoms with Gasteiger partial charge < -0.3 is 10.1 Å². The molecule has 4 heteroatoms. The van der Waals surface area contributed by atoms with Gasteiger partial charge in [-0.25, -0.2) is 0 Å². The van der Waals surface area contributed by atoms with Crippen LogP contribution in [0.2, 0.25) is 0 Å². The van der Waals surface area contributed by atoms with E-state index in [1.54, 1.807) is 7.11 Å². The lowest BCUT2D eigenvalue weighted by Gasteiger charge is -2.22. The minimum Gasteiger partial charge on any atom is -0.379 e. The first kappa shape index (κ1) is 16.2. The van der Waals surface area contributed by atoms with Gasteiger partial charge in [-0.15, -0.1) is 0 Å². The number of nitrogens with one attached hydrogen (secondary N) is 1. The summed E-state index contributed by atoms with van der Waals surface area (Å²) in [6.07, 6.45) is 2.03. The predicted octanol–water partition coefficient (Wildman–Crippen LogP) is 2.47. The molecule has 0 saturated carbocycles. The van der Waals surface area contributed by atoms with Crippen LogP contribution in [-0.4, -0.2) is 35.6 Å². The van der Waals surface area contributed by atoms with Gasteiger partial charge in [-0.1, -0.05) is 6.92 Å². The van der Waals surface area contributed by atoms with Crippen LogP contribution in [0.25, 0.3) is 0 Å². The molecule has 0 unspecified atom stereocenters. The molecule has 4 nitrogen and oxygen atoms in total. The zero-order chi connectivity index (χ0) is 14.5. The van der Waals surface area contributed by atoms with Crippen molar-refractivity contribution < 1.29 is 4.74 Å². The number of rotatable bonds is 8. The fourth-order valence-corrected chi connectivity index (χ4v) is 2.18. The minimum atomic E-state index is -0.0871. The second kappa shape index (κ2) is 7.06. The number of hydrogen-bond acceptors (Lipinski definition) is 3. The lowest BCUT2D eigenvalue weighted by atomic mass is 10.1. The maximum atomic E-state index is 5.46. The monoisotopic (exact) mass is 267 g/mol. The average molecular weight is 267 g/mol. The van der Waals surface area contributed by atoms with Crippen molar-refractivity contribution in [2.45, 2.75) is 59.6 Å². The number of ether oxygens (including phenoxy) is 1. The van der Waals surface area contributed by atoms with Crippen LogP contribution in [-0.2, 0) is 17.7 Å². The third-order valence-electron chi connectivity index (χ3n) is 3.81. The quantitative estimate of drug-likeness (QED) is 0.735. The van der Waals surface area contributed by atoms with E-state index in [1.807, 2.05) is 0 Å². The molecule has 0 aliphatic heterocycles. The third-order valence-corrected chi connectivity index (χ3v) is 3.81. The predicted molar refractivity (Wildman–Crippen MR) is 79.7 cm³/mol. The molecule has 0 radical (unpaired) electrons. The van der Waals surface area contributed by atoms with Crippen molar-refractivity contribution in [3.63, 3.8) is 0 Å². The largest absolute Gasteiger partial charge is 0.379 e. The van der Waals surface area contributed by atoms with Crippen LogP contribution in [0, 0.1) is 13.8 Å². The van der Waals surface area contributed by atoms with E-state index >= 15 is 0 Å². The van der Waals surface area contributed by atoms with Crippen molar-refractivity contribution in [1.82, 2.24) is 15.1 Å². The van der Waals surface area contributed by atoms with Gasteiger partial charge in [0.1, 0.15) is 0 Å². The molecular weight excluding hydrogens is 238 g/mol. The van der Waals surface area contributed by atoms with E-state index < -0.39 is 0 Å². The van der Waals surface area contributed by atoms with E-state index in [0.717, 1.165) is 38.2 Å². The highest BCUT2D eigenvalue weighted by Crippen LogP contribution is 2.18. The van der Waals surface area contributed by atoms with E-state index in [-0.39, 0.29) is 5.60 Å². The van der Waals surface area contributed by atoms with E-state index in [2.05, 4.69) is 49.7 Å². The van der Waals surface area contributed by atoms with E-state index in [1.165, 1.54) is 11.3 Å². The Balaban J connectivity index is 2.68. The fraction of sp³-hybridized carbons (Fsp3) is 0.800. The fourth-order valence-electron chi connectivity index (χ4n) is 2.18. The van der Waals surface area contributed by atoms with Crippen LogP contribution in [0.3, 0.4) is 0 Å². The van der Waals surface area contributed by atoms with Crippen molar-refractivity contribution in [2.24, 2.45) is 0 Å². The highest BCUT2D eigenvalue weighted by Gasteiger charge is 2.18. The van der Waals surface area contributed by atoms with E-state index in [0.29, 0.717) is 0 Å². The number of hydrogen-bond donors (Lipinski definition) is 1. The molecule has 0 aromatic carbocycles. The van der Waals surface area contributed by atoms with Crippen LogP contribution in [0.4, 0.5) is 0 Å². The first-order valence-corrected chi connectivity index (χ1v) is 7.20. The summed E-state index contributed by atoms with van der Waals surface area (Å²) in [7, 11) is 1.77. The van der Waals surface area contributed by atoms with Gasteiger partial charge in [-0.05, 0) is 59.2 Å². The first-order chi connectivity index (χ1) is 8.91. The molecule has 19 heavy (non-hydrogen) atoms. The SMILES string of the molecule is CCNCCc1c(C)nn(CCC(C)(C)OC)c1C. The van der Waals surface area contributed by atoms with Crippen molar-refractivity contribution in [3.8, 4) is 0 Å². The standard InChI is InChI=1S/C15H29N3O/c1-7-16-10-8-14-12(2)17-18(13(14)3)11-9-15(4,5)19-6/h16H,7-11H2,1-6H3. The molecule has 110 valence electrons. The lowest BCUT2D eigenvalue weighted by Crippen LogP contribution is -2.25. The highest BCUT2D eigenvalue weighted by molar-refractivity contribution is 5.24. The number of methoxy groups -OCH3 is 1. The zero-order valence-electron chi connectivity index (χ0n) is 13.3. The maximum absolute atomic E-state index is 5.46. The Labute approximate surface area is 117 Å². The third kappa shape index (κ3) is 4.62. The van der Waals surface area contributed by atoms with Crippen LogP contribution >= 0.6 is 0 Å². The van der Waals surface area contributed by atoms with Gasteiger partial charge in [0.15, 0.2) is 0 Å². The van der Waals surface area contributed by atoms with Crippen LogP contribution < -0.4 is 5.32 Å². The number of nitrogens with zero attached hydrogens (tertiary/aromatic N) is 2. The van der Waals surface area contributed by atoms with Crippen LogP contribution in [0.5, 0.6) is 0 Å². The van der Waals surface area contributed by atoms with Crippen molar-refractivity contribution in [2.75, 3.05) is 20.2 Å². The molecule has 0 amide bonds. The molecule has 0 fully saturated rings. The summed E-state index contributed by atoms with van der Waals surface area (Å²) in [5.41, 5.74) is 3.75. The highest BCUT2D eigenvalue weighted by atomic mass is 16.5. The second-order valence-corrected chi connectivity index (χ2v) is 5.69. The Kier molecular flexibility index (Phi) is 6.01. The molecule has 1 aromatic rings. The molecule has 0 atom stereocenters. The molecule has 0 bridgehead atoms. The van der Waals surface area contributed by atoms with Gasteiger partial charge >= 0.3 is 0 Å². The second-order valence-electron chi connectivity index (χ2n) is 5.69. The summed E-state index contributed by atoms with van der Waals surface area (Å²) in [5, 5.41) is 8.03. The van der Waals surface area contributed by atoms with E-state index in [4.69, 9.17) is 4.74 Å². The first-order valence-electron chi connectivity index (χ1n) is 7.20. The molecule has 0 spiro atoms. The van der Waals surface area contributed by atoms with Gasteiger partial charge in [-0.3, -0.25) is 4.68 Å². The lowest BCUT2D eigenvalue weighted by molar-refractivity contribution is 0.0112. The normalized spacial score (nSPS) is 12.1. The van der Waals surface area contributed by atoms with Gasteiger partial charge in [0.25, 0.3) is 0 Å². The molecule has 1 N–H and O–H groups in total. The Morgan fingerprint density at radius 3 is 2.58 bits per heavy atom. The smallest absolute Gasteiger partial charge is 0.0640 e. The molecular formula is C15H29N3O. The maximum Gasteiger partial charge on any atom is 0.0640 e. The number of aromatic nitrogens is 2. The molecule has 0 aliphatic rings. The Bertz CT molecular complexity index is 396. The summed E-state index contributed by atoms with van der Waals surface area (Å²) in [6, 6.07) is 0. The summed E-state index contributed by atoms with van der Waals surface area (Å²) in [6.45, 7) is 13.6. The van der Waals surface area contributed by atoms with Gasteiger partial charge in [0, 0.05) is 19.3 Å². The summed E-state index contributed by atoms with van der Waals surface area (Å²) in [4.78, 5) is 0. The van der Waals surface area contributed by atoms with Gasteiger partial charge in [0.2, 0.25) is 0 Å². The van der Waals surface area contributed by atoms with E-state index in [9.17, 15) is 0 Å². The van der Waals surface area contributed by atoms with Gasteiger partial charge in [0.05, 0.1) is 11.3 Å². The summed E-state index contributed by atoms with van der Waals surface area (Å²) >= 11 is 0. The molecule has 1 rings (SSSR count). The van der Waals surface area contributed by atoms with Crippen LogP contribution in [0.15, 0.2) is 0 Å². The Hall–Kier alpha value is -0.870. The van der Waals surface area contributed by atoms with Crippen molar-refractivity contribution in [3.05, 3.63) is 17.0 Å². The molecule has 0 saturated heterocycles. The van der Waals surface area contributed by atoms with Crippen LogP contribution in [0.1, 0.15) is 44.1 Å². The van der Waals surface area contributed by atoms with Crippen molar-refractivity contribution in [1.29, 1.82) is 0 Å². The summed E-state index contributed by atoms with van der Waals surface area (Å²) in [5.74, 6) is 0. The molecule has 0 aliphatic carbocycles. The Morgan fingerprint density at radius 2 is 2.00 bits per heavy atom. The molecule has 1 aromatic heterocycles. The number of aryl methyl sites for hydroxylation is 2. The van der Waals surface area contributed by atoms with Crippen molar-refractivity contribution >= 4 is 0 Å².